The number of nitrogens with zero attached hydrogens (tertiary/aromatic N) is 4. The molecule has 3 rings (SSSR count). The van der Waals surface area contributed by atoms with E-state index >= 15 is 0 Å². The van der Waals surface area contributed by atoms with Crippen molar-refractivity contribution < 1.29 is 18.8 Å². The lowest BCUT2D eigenvalue weighted by atomic mass is 10.3. The maximum Gasteiger partial charge on any atom is 0.298 e. The van der Waals surface area contributed by atoms with Gasteiger partial charge in [0.1, 0.15) is 21.7 Å². The van der Waals surface area contributed by atoms with Crippen molar-refractivity contribution in [3.05, 3.63) is 30.2 Å². The van der Waals surface area contributed by atoms with Gasteiger partial charge in [-0.15, -0.1) is 12.4 Å². The van der Waals surface area contributed by atoms with Crippen molar-refractivity contribution in [3.63, 3.8) is 0 Å². The van der Waals surface area contributed by atoms with E-state index in [4.69, 9.17) is 14.0 Å². The van der Waals surface area contributed by atoms with Crippen molar-refractivity contribution in [2.45, 2.75) is 6.42 Å². The molecule has 2 aromatic heterocycles. The molecular formula is C18H23ClN4O4S. The molecule has 0 radical (unpaired) electrons. The van der Waals surface area contributed by atoms with Crippen molar-refractivity contribution in [2.24, 2.45) is 0 Å². The summed E-state index contributed by atoms with van der Waals surface area (Å²) in [7, 11) is 7.19. The normalized spacial score (nSPS) is 10.8. The van der Waals surface area contributed by atoms with Crippen LogP contribution in [0.1, 0.15) is 17.0 Å². The second-order valence-corrected chi connectivity index (χ2v) is 7.11. The molecule has 0 aliphatic heterocycles. The lowest BCUT2D eigenvalue weighted by Gasteiger charge is -2.19. The number of ether oxygens (including phenoxy) is 2. The highest BCUT2D eigenvalue weighted by Gasteiger charge is 2.25. The zero-order chi connectivity index (χ0) is 19.4. The first-order valence-corrected chi connectivity index (χ1v) is 9.25. The quantitative estimate of drug-likeness (QED) is 0.546. The first kappa shape index (κ1) is 21.9. The van der Waals surface area contributed by atoms with Gasteiger partial charge < -0.3 is 18.9 Å². The average molecular weight is 427 g/mol. The minimum Gasteiger partial charge on any atom is -0.495 e. The largest absolute Gasteiger partial charge is 0.495 e. The Bertz CT molecular complexity index is 873. The van der Waals surface area contributed by atoms with Crippen LogP contribution in [-0.4, -0.2) is 62.4 Å². The van der Waals surface area contributed by atoms with E-state index in [1.807, 2.05) is 20.2 Å². The van der Waals surface area contributed by atoms with Gasteiger partial charge in [0.2, 0.25) is 5.76 Å². The molecule has 0 unspecified atom stereocenters. The predicted octanol–water partition coefficient (Wildman–Crippen LogP) is 3.32. The van der Waals surface area contributed by atoms with E-state index in [1.165, 1.54) is 17.5 Å². The number of hydrogen-bond acceptors (Lipinski definition) is 8. The Labute approximate surface area is 173 Å². The highest BCUT2D eigenvalue weighted by atomic mass is 35.5. The SMILES string of the molecule is COc1ccc(OC)c2sc(N(CCCN(C)C)C(=O)c3ccno3)nc12.Cl. The summed E-state index contributed by atoms with van der Waals surface area (Å²) >= 11 is 1.38. The zero-order valence-electron chi connectivity index (χ0n) is 16.2. The summed E-state index contributed by atoms with van der Waals surface area (Å²) in [4.78, 5) is 21.3. The molecule has 10 heteroatoms. The zero-order valence-corrected chi connectivity index (χ0v) is 17.8. The van der Waals surface area contributed by atoms with Crippen LogP contribution >= 0.6 is 23.7 Å². The van der Waals surface area contributed by atoms with Crippen molar-refractivity contribution in [1.29, 1.82) is 0 Å². The third kappa shape index (κ3) is 4.54. The van der Waals surface area contributed by atoms with Crippen LogP contribution in [0.15, 0.2) is 28.9 Å². The number of aromatic nitrogens is 2. The highest BCUT2D eigenvalue weighted by Crippen LogP contribution is 2.40. The number of halogens is 1. The minimum absolute atomic E-state index is 0. The van der Waals surface area contributed by atoms with Crippen molar-refractivity contribution >= 4 is 45.0 Å². The van der Waals surface area contributed by atoms with E-state index in [0.717, 1.165) is 17.7 Å². The minimum atomic E-state index is -0.275. The number of amides is 1. The van der Waals surface area contributed by atoms with Crippen LogP contribution in [0.25, 0.3) is 10.2 Å². The van der Waals surface area contributed by atoms with Crippen LogP contribution < -0.4 is 14.4 Å². The van der Waals surface area contributed by atoms with Crippen LogP contribution in [0.2, 0.25) is 0 Å². The van der Waals surface area contributed by atoms with Gasteiger partial charge >= 0.3 is 0 Å². The third-order valence-electron chi connectivity index (χ3n) is 4.01. The summed E-state index contributed by atoms with van der Waals surface area (Å²) in [6.07, 6.45) is 2.24. The van der Waals surface area contributed by atoms with Gasteiger partial charge in [0.25, 0.3) is 5.91 Å². The molecule has 1 amide bonds. The fourth-order valence-electron chi connectivity index (χ4n) is 2.68. The molecule has 152 valence electrons. The highest BCUT2D eigenvalue weighted by molar-refractivity contribution is 7.22. The molecule has 0 spiro atoms. The van der Waals surface area contributed by atoms with Gasteiger partial charge in [-0.1, -0.05) is 16.5 Å². The predicted molar refractivity (Wildman–Crippen MR) is 111 cm³/mol. The number of rotatable bonds is 8. The second kappa shape index (κ2) is 9.72. The monoisotopic (exact) mass is 426 g/mol. The summed E-state index contributed by atoms with van der Waals surface area (Å²) < 4.78 is 16.8. The molecule has 0 fully saturated rings. The molecule has 28 heavy (non-hydrogen) atoms. The molecule has 0 bridgehead atoms. The van der Waals surface area contributed by atoms with Gasteiger partial charge in [0.15, 0.2) is 5.13 Å². The van der Waals surface area contributed by atoms with Crippen molar-refractivity contribution in [3.8, 4) is 11.5 Å². The Morgan fingerprint density at radius 1 is 1.14 bits per heavy atom. The molecule has 8 nitrogen and oxygen atoms in total. The fourth-order valence-corrected chi connectivity index (χ4v) is 3.78. The number of methoxy groups -OCH3 is 2. The maximum absolute atomic E-state index is 13.0. The lowest BCUT2D eigenvalue weighted by Crippen LogP contribution is -2.33. The Balaban J connectivity index is 0.00000280. The summed E-state index contributed by atoms with van der Waals surface area (Å²) in [6.45, 7) is 1.35. The first-order chi connectivity index (χ1) is 13.0. The smallest absolute Gasteiger partial charge is 0.298 e. The van der Waals surface area contributed by atoms with E-state index < -0.39 is 0 Å². The lowest BCUT2D eigenvalue weighted by molar-refractivity contribution is 0.0950. The van der Waals surface area contributed by atoms with E-state index in [2.05, 4.69) is 15.0 Å². The second-order valence-electron chi connectivity index (χ2n) is 6.13. The van der Waals surface area contributed by atoms with Gasteiger partial charge in [0, 0.05) is 12.6 Å². The summed E-state index contributed by atoms with van der Waals surface area (Å²) in [5.41, 5.74) is 0.667. The Morgan fingerprint density at radius 2 is 1.86 bits per heavy atom. The van der Waals surface area contributed by atoms with Crippen LogP contribution in [0.3, 0.4) is 0 Å². The molecule has 1 aromatic carbocycles. The number of fused-ring (bicyclic) bond motifs is 1. The number of carbonyl (C=O) groups excluding carboxylic acids is 1. The number of hydrogen-bond donors (Lipinski definition) is 0. The van der Waals surface area contributed by atoms with E-state index in [9.17, 15) is 4.79 Å². The molecule has 0 N–H and O–H groups in total. The molecule has 0 atom stereocenters. The Hall–Kier alpha value is -2.36. The Morgan fingerprint density at radius 3 is 2.46 bits per heavy atom. The van der Waals surface area contributed by atoms with Crippen LogP contribution in [0.5, 0.6) is 11.5 Å². The number of thiazole rings is 1. The fraction of sp³-hybridized carbons (Fsp3) is 0.389. The van der Waals surface area contributed by atoms with Crippen molar-refractivity contribution in [1.82, 2.24) is 15.0 Å². The van der Waals surface area contributed by atoms with E-state index in [0.29, 0.717) is 28.7 Å². The third-order valence-corrected chi connectivity index (χ3v) is 5.10. The number of benzene rings is 1. The Kier molecular flexibility index (Phi) is 7.61. The van der Waals surface area contributed by atoms with Crippen LogP contribution in [0, 0.1) is 0 Å². The molecular weight excluding hydrogens is 404 g/mol. The molecule has 0 aliphatic rings. The number of carbonyl (C=O) groups is 1. The first-order valence-electron chi connectivity index (χ1n) is 8.44. The van der Waals surface area contributed by atoms with E-state index in [-0.39, 0.29) is 24.1 Å². The van der Waals surface area contributed by atoms with Crippen LogP contribution in [-0.2, 0) is 0 Å². The summed E-state index contributed by atoms with van der Waals surface area (Å²) in [5.74, 6) is 1.23. The maximum atomic E-state index is 13.0. The van der Waals surface area contributed by atoms with Gasteiger partial charge in [-0.25, -0.2) is 4.98 Å². The molecule has 0 saturated heterocycles. The molecule has 2 heterocycles. The standard InChI is InChI=1S/C18H22N4O4S.ClH/c1-21(2)10-5-11-22(17(23)14-8-9-19-26-14)18-20-15-12(24-3)6-7-13(25-4)16(15)27-18;/h6-9H,5,10-11H2,1-4H3;1H. The van der Waals surface area contributed by atoms with Gasteiger partial charge in [-0.05, 0) is 39.2 Å². The summed E-state index contributed by atoms with van der Waals surface area (Å²) in [6, 6.07) is 5.19. The van der Waals surface area contributed by atoms with Gasteiger partial charge in [-0.3, -0.25) is 9.69 Å². The van der Waals surface area contributed by atoms with Crippen molar-refractivity contribution in [2.75, 3.05) is 46.3 Å². The topological polar surface area (TPSA) is 80.9 Å². The van der Waals surface area contributed by atoms with Gasteiger partial charge in [-0.2, -0.15) is 0 Å². The molecule has 3 aromatic rings. The average Bonchev–Trinajstić information content (AvgIpc) is 3.33. The van der Waals surface area contributed by atoms with Gasteiger partial charge in [0.05, 0.1) is 20.4 Å². The molecule has 0 saturated carbocycles. The van der Waals surface area contributed by atoms with E-state index in [1.54, 1.807) is 31.3 Å². The summed E-state index contributed by atoms with van der Waals surface area (Å²) in [5, 5.41) is 4.20. The van der Waals surface area contributed by atoms with Crippen LogP contribution in [0.4, 0.5) is 5.13 Å². The molecule has 0 aliphatic carbocycles. The number of anilines is 1.